The number of rotatable bonds is 11. The van der Waals surface area contributed by atoms with E-state index in [9.17, 15) is 4.79 Å². The molecular formula is C25H35ClN4O3. The standard InChI is InChI=1S/C25H35ClN4O3/c1-4-7-14-33-24-21(26)15-20(16-22(24)32-6-3)25(31)28-18-19-8-9-23(27-17-19)30-12-10-29(5-2)11-13-30/h8-9,15-17H,4-7,10-14,18H2,1-3H3,(H,28,31). The number of nitrogens with one attached hydrogen (secondary N) is 1. The van der Waals surface area contributed by atoms with Gasteiger partial charge in [0.25, 0.3) is 5.91 Å². The van der Waals surface area contributed by atoms with E-state index < -0.39 is 0 Å². The summed E-state index contributed by atoms with van der Waals surface area (Å²) in [5.41, 5.74) is 1.37. The summed E-state index contributed by atoms with van der Waals surface area (Å²) in [6, 6.07) is 7.34. The van der Waals surface area contributed by atoms with Crippen LogP contribution in [0.5, 0.6) is 11.5 Å². The van der Waals surface area contributed by atoms with Crippen LogP contribution in [-0.4, -0.2) is 61.7 Å². The van der Waals surface area contributed by atoms with Crippen LogP contribution >= 0.6 is 11.6 Å². The van der Waals surface area contributed by atoms with Crippen LogP contribution in [0.4, 0.5) is 5.82 Å². The van der Waals surface area contributed by atoms with E-state index in [1.807, 2.05) is 25.3 Å². The van der Waals surface area contributed by atoms with E-state index in [-0.39, 0.29) is 5.91 Å². The third-order valence-electron chi connectivity index (χ3n) is 5.72. The van der Waals surface area contributed by atoms with E-state index in [1.54, 1.807) is 12.1 Å². The molecule has 1 aromatic heterocycles. The van der Waals surface area contributed by atoms with Gasteiger partial charge in [0.15, 0.2) is 11.5 Å². The van der Waals surface area contributed by atoms with Crippen LogP contribution in [0.2, 0.25) is 5.02 Å². The molecule has 2 heterocycles. The zero-order chi connectivity index (χ0) is 23.6. The number of piperazine rings is 1. The molecule has 3 rings (SSSR count). The number of halogens is 1. The molecule has 1 aliphatic rings. The molecule has 1 aliphatic heterocycles. The van der Waals surface area contributed by atoms with Gasteiger partial charge in [0, 0.05) is 44.5 Å². The highest BCUT2D eigenvalue weighted by Crippen LogP contribution is 2.37. The SMILES string of the molecule is CCCCOc1c(Cl)cc(C(=O)NCc2ccc(N3CCN(CC)CC3)nc2)cc1OCC. The minimum atomic E-state index is -0.224. The number of hydrogen-bond acceptors (Lipinski definition) is 6. The molecule has 0 saturated carbocycles. The van der Waals surface area contributed by atoms with Crippen LogP contribution in [0.25, 0.3) is 0 Å². The largest absolute Gasteiger partial charge is 0.490 e. The summed E-state index contributed by atoms with van der Waals surface area (Å²) in [6.07, 6.45) is 3.77. The minimum absolute atomic E-state index is 0.224. The number of carbonyl (C=O) groups excluding carboxylic acids is 1. The fraction of sp³-hybridized carbons (Fsp3) is 0.520. The number of ether oxygens (including phenoxy) is 2. The highest BCUT2D eigenvalue weighted by atomic mass is 35.5. The molecule has 1 saturated heterocycles. The van der Waals surface area contributed by atoms with Crippen LogP contribution in [-0.2, 0) is 6.54 Å². The first-order valence-corrected chi connectivity index (χ1v) is 12.2. The number of amides is 1. The highest BCUT2D eigenvalue weighted by Gasteiger charge is 2.18. The Balaban J connectivity index is 1.59. The van der Waals surface area contributed by atoms with Gasteiger partial charge in [-0.2, -0.15) is 0 Å². The molecule has 2 aromatic rings. The third-order valence-corrected chi connectivity index (χ3v) is 6.00. The molecule has 33 heavy (non-hydrogen) atoms. The van der Waals surface area contributed by atoms with Crippen molar-refractivity contribution in [1.29, 1.82) is 0 Å². The number of anilines is 1. The number of pyridine rings is 1. The summed E-state index contributed by atoms with van der Waals surface area (Å²) in [5.74, 6) is 1.73. The number of likely N-dealkylation sites (N-methyl/N-ethyl adjacent to an activating group) is 1. The predicted octanol–water partition coefficient (Wildman–Crippen LogP) is 4.38. The Kier molecular flexibility index (Phi) is 9.63. The number of unbranched alkanes of at least 4 members (excludes halogenated alkanes) is 1. The molecule has 0 radical (unpaired) electrons. The number of hydrogen-bond donors (Lipinski definition) is 1. The van der Waals surface area contributed by atoms with Crippen LogP contribution in [0.1, 0.15) is 49.5 Å². The highest BCUT2D eigenvalue weighted by molar-refractivity contribution is 6.32. The van der Waals surface area contributed by atoms with Gasteiger partial charge >= 0.3 is 0 Å². The molecule has 180 valence electrons. The lowest BCUT2D eigenvalue weighted by Crippen LogP contribution is -2.46. The predicted molar refractivity (Wildman–Crippen MR) is 133 cm³/mol. The van der Waals surface area contributed by atoms with Crippen LogP contribution < -0.4 is 19.7 Å². The summed E-state index contributed by atoms with van der Waals surface area (Å²) >= 11 is 6.42. The molecule has 0 unspecified atom stereocenters. The van der Waals surface area contributed by atoms with Crippen molar-refractivity contribution in [2.45, 2.75) is 40.2 Å². The number of benzene rings is 1. The normalized spacial score (nSPS) is 14.2. The van der Waals surface area contributed by atoms with Crippen molar-refractivity contribution in [2.75, 3.05) is 50.8 Å². The van der Waals surface area contributed by atoms with Gasteiger partial charge in [-0.3, -0.25) is 4.79 Å². The second kappa shape index (κ2) is 12.7. The summed E-state index contributed by atoms with van der Waals surface area (Å²) in [4.78, 5) is 22.1. The minimum Gasteiger partial charge on any atom is -0.490 e. The lowest BCUT2D eigenvalue weighted by atomic mass is 10.1. The number of nitrogens with zero attached hydrogens (tertiary/aromatic N) is 3. The average Bonchev–Trinajstić information content (AvgIpc) is 2.84. The van der Waals surface area contributed by atoms with E-state index in [4.69, 9.17) is 21.1 Å². The molecule has 1 amide bonds. The smallest absolute Gasteiger partial charge is 0.251 e. The maximum atomic E-state index is 12.8. The zero-order valence-corrected chi connectivity index (χ0v) is 20.7. The van der Waals surface area contributed by atoms with Gasteiger partial charge in [-0.25, -0.2) is 4.98 Å². The molecule has 8 heteroatoms. The molecular weight excluding hydrogens is 440 g/mol. The van der Waals surface area contributed by atoms with Gasteiger partial charge < -0.3 is 24.6 Å². The Morgan fingerprint density at radius 1 is 1.12 bits per heavy atom. The molecule has 1 fully saturated rings. The molecule has 0 aliphatic carbocycles. The summed E-state index contributed by atoms with van der Waals surface area (Å²) in [7, 11) is 0. The van der Waals surface area contributed by atoms with Crippen LogP contribution in [0, 0.1) is 0 Å². The Bertz CT molecular complexity index is 899. The fourth-order valence-electron chi connectivity index (χ4n) is 3.71. The van der Waals surface area contributed by atoms with E-state index in [0.29, 0.717) is 41.8 Å². The Morgan fingerprint density at radius 2 is 1.91 bits per heavy atom. The van der Waals surface area contributed by atoms with Crippen molar-refractivity contribution < 1.29 is 14.3 Å². The monoisotopic (exact) mass is 474 g/mol. The topological polar surface area (TPSA) is 66.9 Å². The molecule has 7 nitrogen and oxygen atoms in total. The van der Waals surface area contributed by atoms with Crippen molar-refractivity contribution in [3.05, 3.63) is 46.6 Å². The Hall–Kier alpha value is -2.51. The summed E-state index contributed by atoms with van der Waals surface area (Å²) in [5, 5.41) is 3.31. The average molecular weight is 475 g/mol. The van der Waals surface area contributed by atoms with Gasteiger partial charge in [0.2, 0.25) is 0 Å². The maximum Gasteiger partial charge on any atom is 0.251 e. The number of carbonyl (C=O) groups is 1. The van der Waals surface area contributed by atoms with Gasteiger partial charge in [-0.1, -0.05) is 37.9 Å². The van der Waals surface area contributed by atoms with Crippen molar-refractivity contribution in [2.24, 2.45) is 0 Å². The van der Waals surface area contributed by atoms with Crippen molar-refractivity contribution >= 4 is 23.3 Å². The first-order valence-electron chi connectivity index (χ1n) is 11.8. The quantitative estimate of drug-likeness (QED) is 0.487. The molecule has 0 spiro atoms. The summed E-state index contributed by atoms with van der Waals surface area (Å²) in [6.45, 7) is 12.7. The maximum absolute atomic E-state index is 12.8. The fourth-order valence-corrected chi connectivity index (χ4v) is 3.97. The molecule has 1 N–H and O–H groups in total. The van der Waals surface area contributed by atoms with Gasteiger partial charge in [0.1, 0.15) is 5.82 Å². The van der Waals surface area contributed by atoms with E-state index >= 15 is 0 Å². The van der Waals surface area contributed by atoms with E-state index in [1.165, 1.54) is 0 Å². The third kappa shape index (κ3) is 6.98. The molecule has 0 bridgehead atoms. The van der Waals surface area contributed by atoms with Crippen molar-refractivity contribution in [3.8, 4) is 11.5 Å². The Morgan fingerprint density at radius 3 is 2.55 bits per heavy atom. The van der Waals surface area contributed by atoms with Gasteiger partial charge in [0.05, 0.1) is 18.2 Å². The lowest BCUT2D eigenvalue weighted by Gasteiger charge is -2.34. The Labute approximate surface area is 202 Å². The van der Waals surface area contributed by atoms with Crippen molar-refractivity contribution in [1.82, 2.24) is 15.2 Å². The second-order valence-corrected chi connectivity index (χ2v) is 8.46. The lowest BCUT2D eigenvalue weighted by molar-refractivity contribution is 0.0950. The van der Waals surface area contributed by atoms with Crippen molar-refractivity contribution in [3.63, 3.8) is 0 Å². The molecule has 0 atom stereocenters. The van der Waals surface area contributed by atoms with Crippen LogP contribution in [0.3, 0.4) is 0 Å². The van der Waals surface area contributed by atoms with Crippen LogP contribution in [0.15, 0.2) is 30.5 Å². The van der Waals surface area contributed by atoms with Gasteiger partial charge in [-0.05, 0) is 43.7 Å². The first-order chi connectivity index (χ1) is 16.0. The first kappa shape index (κ1) is 25.1. The van der Waals surface area contributed by atoms with E-state index in [0.717, 1.165) is 56.9 Å². The number of aromatic nitrogens is 1. The van der Waals surface area contributed by atoms with Gasteiger partial charge in [-0.15, -0.1) is 0 Å². The summed E-state index contributed by atoms with van der Waals surface area (Å²) < 4.78 is 11.5. The second-order valence-electron chi connectivity index (χ2n) is 8.05. The zero-order valence-electron chi connectivity index (χ0n) is 19.9. The van der Waals surface area contributed by atoms with E-state index in [2.05, 4.69) is 33.9 Å². The molecule has 1 aromatic carbocycles.